The van der Waals surface area contributed by atoms with Gasteiger partial charge in [-0.1, -0.05) is 19.1 Å². The molecule has 1 aromatic heterocycles. The van der Waals surface area contributed by atoms with Crippen molar-refractivity contribution in [3.05, 3.63) is 41.1 Å². The van der Waals surface area contributed by atoms with Crippen molar-refractivity contribution in [3.63, 3.8) is 0 Å². The lowest BCUT2D eigenvalue weighted by Crippen LogP contribution is -2.45. The minimum Gasteiger partial charge on any atom is -0.337 e. The van der Waals surface area contributed by atoms with E-state index in [1.54, 1.807) is 9.91 Å². The molecule has 0 atom stereocenters. The van der Waals surface area contributed by atoms with Crippen LogP contribution in [0.2, 0.25) is 0 Å². The predicted octanol–water partition coefficient (Wildman–Crippen LogP) is 1.66. The number of amides is 4. The fourth-order valence-electron chi connectivity index (χ4n) is 3.82. The minimum atomic E-state index is -0.246. The van der Waals surface area contributed by atoms with Crippen molar-refractivity contribution < 1.29 is 14.4 Å². The zero-order chi connectivity index (χ0) is 21.8. The van der Waals surface area contributed by atoms with Crippen LogP contribution in [0.25, 0.3) is 0 Å². The van der Waals surface area contributed by atoms with Crippen molar-refractivity contribution in [1.82, 2.24) is 25.9 Å². The fourth-order valence-corrected chi connectivity index (χ4v) is 3.82. The van der Waals surface area contributed by atoms with Crippen LogP contribution in [-0.4, -0.2) is 46.1 Å². The Morgan fingerprint density at radius 2 is 2.00 bits per heavy atom. The smallest absolute Gasteiger partial charge is 0.329 e. The molecule has 10 nitrogen and oxygen atoms in total. The van der Waals surface area contributed by atoms with Crippen LogP contribution in [0.15, 0.2) is 24.3 Å². The summed E-state index contributed by atoms with van der Waals surface area (Å²) in [6, 6.07) is 7.26. The Kier molecular flexibility index (Phi) is 6.17. The second kappa shape index (κ2) is 9.17. The highest BCUT2D eigenvalue weighted by atomic mass is 16.2. The van der Waals surface area contributed by atoms with Crippen molar-refractivity contribution >= 4 is 29.4 Å². The monoisotopic (exact) mass is 425 g/mol. The number of carbonyl (C=O) groups is 3. The van der Waals surface area contributed by atoms with Crippen LogP contribution in [0, 0.1) is 0 Å². The number of fused-ring (bicyclic) bond motifs is 1. The Hall–Kier alpha value is -3.40. The Balaban J connectivity index is 1.31. The highest BCUT2D eigenvalue weighted by Gasteiger charge is 2.27. The zero-order valence-electron chi connectivity index (χ0n) is 17.5. The van der Waals surface area contributed by atoms with Crippen LogP contribution in [0.5, 0.6) is 0 Å². The summed E-state index contributed by atoms with van der Waals surface area (Å²) in [5, 5.41) is 14.5. The molecule has 0 aliphatic carbocycles. The summed E-state index contributed by atoms with van der Waals surface area (Å²) in [5.74, 6) is 0.452. The molecule has 2 aliphatic heterocycles. The molecule has 0 bridgehead atoms. The third kappa shape index (κ3) is 4.85. The minimum absolute atomic E-state index is 0.143. The standard InChI is InChI=1S/C21H27N7O3/c1-2-9-22-21(31)26-27-12-16-17(13-27)24-25-20(16)23-18(29)11-14-5-7-15(8-6-14)28-10-3-4-19(28)30/h5-8H,2-4,9-13H2,1H3,(H2,22,26,31)(H2,23,24,25,29). The van der Waals surface area contributed by atoms with Crippen LogP contribution in [0.4, 0.5) is 16.3 Å². The lowest BCUT2D eigenvalue weighted by Gasteiger charge is -2.17. The normalized spacial score (nSPS) is 15.8. The number of aromatic nitrogens is 2. The first kappa shape index (κ1) is 20.9. The highest BCUT2D eigenvalue weighted by molar-refractivity contribution is 5.95. The van der Waals surface area contributed by atoms with E-state index in [-0.39, 0.29) is 24.3 Å². The average molecular weight is 425 g/mol. The van der Waals surface area contributed by atoms with Gasteiger partial charge >= 0.3 is 6.03 Å². The van der Waals surface area contributed by atoms with E-state index in [1.807, 2.05) is 31.2 Å². The van der Waals surface area contributed by atoms with Gasteiger partial charge < -0.3 is 15.5 Å². The van der Waals surface area contributed by atoms with E-state index in [9.17, 15) is 14.4 Å². The Morgan fingerprint density at radius 1 is 1.19 bits per heavy atom. The third-order valence-electron chi connectivity index (χ3n) is 5.39. The Labute approximate surface area is 180 Å². The second-order valence-electron chi connectivity index (χ2n) is 7.79. The largest absolute Gasteiger partial charge is 0.337 e. The third-order valence-corrected chi connectivity index (χ3v) is 5.39. The van der Waals surface area contributed by atoms with Gasteiger partial charge in [-0.3, -0.25) is 20.1 Å². The van der Waals surface area contributed by atoms with Gasteiger partial charge in [0, 0.05) is 37.3 Å². The quantitative estimate of drug-likeness (QED) is 0.537. The summed E-state index contributed by atoms with van der Waals surface area (Å²) in [6.07, 6.45) is 2.55. The Bertz CT molecular complexity index is 970. The summed E-state index contributed by atoms with van der Waals surface area (Å²) in [4.78, 5) is 38.0. The molecular weight excluding hydrogens is 398 g/mol. The molecule has 0 unspecified atom stereocenters. The van der Waals surface area contributed by atoms with Crippen LogP contribution in [0.1, 0.15) is 43.0 Å². The second-order valence-corrected chi connectivity index (χ2v) is 7.79. The van der Waals surface area contributed by atoms with Gasteiger partial charge in [0.1, 0.15) is 0 Å². The molecule has 2 aliphatic rings. The van der Waals surface area contributed by atoms with Crippen LogP contribution >= 0.6 is 0 Å². The van der Waals surface area contributed by atoms with Gasteiger partial charge in [-0.2, -0.15) is 5.10 Å². The van der Waals surface area contributed by atoms with Crippen molar-refractivity contribution in [2.75, 3.05) is 23.3 Å². The van der Waals surface area contributed by atoms with Gasteiger partial charge in [-0.15, -0.1) is 0 Å². The van der Waals surface area contributed by atoms with Gasteiger partial charge in [0.2, 0.25) is 11.8 Å². The first-order chi connectivity index (χ1) is 15.0. The molecule has 2 aromatic rings. The summed E-state index contributed by atoms with van der Waals surface area (Å²) < 4.78 is 0. The topological polar surface area (TPSA) is 122 Å². The number of urea groups is 1. The van der Waals surface area contributed by atoms with E-state index >= 15 is 0 Å². The number of nitrogens with zero attached hydrogens (tertiary/aromatic N) is 3. The van der Waals surface area contributed by atoms with Gasteiger partial charge in [0.05, 0.1) is 18.7 Å². The number of rotatable bonds is 7. The molecule has 31 heavy (non-hydrogen) atoms. The molecule has 0 spiro atoms. The van der Waals surface area contributed by atoms with Gasteiger partial charge in [-0.25, -0.2) is 9.80 Å². The maximum absolute atomic E-state index is 12.5. The first-order valence-corrected chi connectivity index (χ1v) is 10.6. The summed E-state index contributed by atoms with van der Waals surface area (Å²) in [5.41, 5.74) is 6.25. The number of H-pyrrole nitrogens is 1. The Morgan fingerprint density at radius 3 is 2.71 bits per heavy atom. The summed E-state index contributed by atoms with van der Waals surface area (Å²) >= 11 is 0. The van der Waals surface area contributed by atoms with Crippen molar-refractivity contribution in [2.24, 2.45) is 0 Å². The molecule has 3 heterocycles. The molecule has 1 saturated heterocycles. The van der Waals surface area contributed by atoms with Gasteiger partial charge in [0.25, 0.3) is 0 Å². The number of hydrazine groups is 1. The van der Waals surface area contributed by atoms with Crippen LogP contribution in [-0.2, 0) is 29.1 Å². The fraction of sp³-hybridized carbons (Fsp3) is 0.429. The van der Waals surface area contributed by atoms with E-state index in [0.717, 1.165) is 41.9 Å². The number of hydrogen-bond donors (Lipinski definition) is 4. The maximum atomic E-state index is 12.5. The lowest BCUT2D eigenvalue weighted by molar-refractivity contribution is -0.117. The molecule has 0 saturated carbocycles. The molecule has 1 aromatic carbocycles. The predicted molar refractivity (Wildman–Crippen MR) is 115 cm³/mol. The summed E-state index contributed by atoms with van der Waals surface area (Å²) in [6.45, 7) is 4.30. The molecule has 1 fully saturated rings. The van der Waals surface area contributed by atoms with Crippen LogP contribution in [0.3, 0.4) is 0 Å². The maximum Gasteiger partial charge on any atom is 0.329 e. The lowest BCUT2D eigenvalue weighted by atomic mass is 10.1. The van der Waals surface area contributed by atoms with E-state index < -0.39 is 0 Å². The number of hydrogen-bond acceptors (Lipinski definition) is 5. The average Bonchev–Trinajstić information content (AvgIpc) is 3.44. The number of nitrogens with one attached hydrogen (secondary N) is 4. The van der Waals surface area contributed by atoms with Crippen molar-refractivity contribution in [3.8, 4) is 0 Å². The molecule has 4 N–H and O–H groups in total. The highest BCUT2D eigenvalue weighted by Crippen LogP contribution is 2.26. The number of aromatic amines is 1. The van der Waals surface area contributed by atoms with E-state index in [0.29, 0.717) is 31.9 Å². The van der Waals surface area contributed by atoms with Gasteiger partial charge in [-0.05, 0) is 30.5 Å². The van der Waals surface area contributed by atoms with Crippen LogP contribution < -0.4 is 21.0 Å². The SMILES string of the molecule is CCCNC(=O)NN1Cc2[nH]nc(NC(=O)Cc3ccc(N4CCCC4=O)cc3)c2C1. The zero-order valence-corrected chi connectivity index (χ0v) is 17.5. The molecule has 164 valence electrons. The number of anilines is 2. The molecule has 0 radical (unpaired) electrons. The molecule has 4 amide bonds. The van der Waals surface area contributed by atoms with Gasteiger partial charge in [0.15, 0.2) is 5.82 Å². The number of carbonyl (C=O) groups excluding carboxylic acids is 3. The van der Waals surface area contributed by atoms with Crippen molar-refractivity contribution in [2.45, 2.75) is 45.7 Å². The number of benzene rings is 1. The van der Waals surface area contributed by atoms with E-state index in [4.69, 9.17) is 0 Å². The van der Waals surface area contributed by atoms with E-state index in [1.165, 1.54) is 0 Å². The molecule has 10 heteroatoms. The summed E-state index contributed by atoms with van der Waals surface area (Å²) in [7, 11) is 0. The van der Waals surface area contributed by atoms with E-state index in [2.05, 4.69) is 26.3 Å². The first-order valence-electron chi connectivity index (χ1n) is 10.6. The molecule has 4 rings (SSSR count). The van der Waals surface area contributed by atoms with Crippen molar-refractivity contribution in [1.29, 1.82) is 0 Å². The molecular formula is C21H27N7O3.